The van der Waals surface area contributed by atoms with Crippen molar-refractivity contribution < 1.29 is 14.3 Å². The van der Waals surface area contributed by atoms with Crippen LogP contribution in [0.3, 0.4) is 0 Å². The lowest BCUT2D eigenvalue weighted by molar-refractivity contribution is 0.104. The lowest BCUT2D eigenvalue weighted by atomic mass is 9.67. The fourth-order valence-electron chi connectivity index (χ4n) is 4.65. The van der Waals surface area contributed by atoms with Crippen LogP contribution in [-0.4, -0.2) is 31.7 Å². The third-order valence-corrected chi connectivity index (χ3v) is 6.73. The maximum Gasteiger partial charge on any atom is 0.315 e. The van der Waals surface area contributed by atoms with Crippen LogP contribution in [0.5, 0.6) is 11.5 Å². The number of nitrogens with zero attached hydrogens (tertiary/aromatic N) is 1. The van der Waals surface area contributed by atoms with E-state index in [4.69, 9.17) is 15.2 Å². The van der Waals surface area contributed by atoms with E-state index >= 15 is 0 Å². The van der Waals surface area contributed by atoms with E-state index < -0.39 is 0 Å². The Hall–Kier alpha value is -2.69. The van der Waals surface area contributed by atoms with Crippen LogP contribution in [0.1, 0.15) is 56.1 Å². The number of urea groups is 1. The molecule has 0 radical (unpaired) electrons. The lowest BCUT2D eigenvalue weighted by Gasteiger charge is -2.42. The van der Waals surface area contributed by atoms with Crippen LogP contribution < -0.4 is 15.2 Å². The summed E-state index contributed by atoms with van der Waals surface area (Å²) in [5, 5.41) is 0. The van der Waals surface area contributed by atoms with Crippen LogP contribution in [0.25, 0.3) is 0 Å². The fraction of sp³-hybridized carbons (Fsp3) is 0.480. The van der Waals surface area contributed by atoms with E-state index in [1.54, 1.807) is 19.1 Å². The van der Waals surface area contributed by atoms with Crippen molar-refractivity contribution in [2.45, 2.75) is 51.5 Å². The first-order valence-corrected chi connectivity index (χ1v) is 10.8. The van der Waals surface area contributed by atoms with Crippen molar-refractivity contribution in [3.8, 4) is 11.5 Å². The number of ether oxygens (including phenoxy) is 2. The number of rotatable bonds is 8. The minimum atomic E-state index is -0.353. The third kappa shape index (κ3) is 5.26. The second-order valence-corrected chi connectivity index (χ2v) is 8.45. The van der Waals surface area contributed by atoms with E-state index in [1.165, 1.54) is 5.56 Å². The van der Waals surface area contributed by atoms with Gasteiger partial charge in [0.05, 0.1) is 14.2 Å². The summed E-state index contributed by atoms with van der Waals surface area (Å²) in [6.45, 7) is 3.47. The van der Waals surface area contributed by atoms with Gasteiger partial charge in [0.25, 0.3) is 0 Å². The molecule has 0 saturated heterocycles. The van der Waals surface area contributed by atoms with Gasteiger partial charge >= 0.3 is 6.03 Å². The fourth-order valence-corrected chi connectivity index (χ4v) is 4.65. The molecule has 0 aliphatic heterocycles. The minimum absolute atomic E-state index is 0.122. The summed E-state index contributed by atoms with van der Waals surface area (Å²) >= 11 is 0. The Balaban J connectivity index is 1.66. The quantitative estimate of drug-likeness (QED) is 0.639. The molecule has 0 heterocycles. The number of amides is 2. The topological polar surface area (TPSA) is 64.8 Å². The number of hydrogen-bond donors (Lipinski definition) is 1. The number of primary amides is 1. The normalized spacial score (nSPS) is 21.1. The molecule has 1 aliphatic carbocycles. The zero-order chi connectivity index (χ0) is 21.6. The van der Waals surface area contributed by atoms with Crippen molar-refractivity contribution in [1.29, 1.82) is 0 Å². The Morgan fingerprint density at radius 3 is 2.30 bits per heavy atom. The maximum absolute atomic E-state index is 12.2. The van der Waals surface area contributed by atoms with E-state index in [0.29, 0.717) is 19.0 Å². The molecule has 162 valence electrons. The van der Waals surface area contributed by atoms with E-state index in [1.807, 2.05) is 30.3 Å². The maximum atomic E-state index is 12.2. The summed E-state index contributed by atoms with van der Waals surface area (Å²) < 4.78 is 10.6. The van der Waals surface area contributed by atoms with E-state index in [-0.39, 0.29) is 11.4 Å². The zero-order valence-corrected chi connectivity index (χ0v) is 18.4. The van der Waals surface area contributed by atoms with Gasteiger partial charge in [-0.2, -0.15) is 0 Å². The summed E-state index contributed by atoms with van der Waals surface area (Å²) in [7, 11) is 3.36. The SMILES string of the molecule is CCC1(CN(Cc2ccc(OC)cc2)C(N)=O)CCC(c2cccc(OC)c2)CC1. The van der Waals surface area contributed by atoms with Crippen LogP contribution in [-0.2, 0) is 6.54 Å². The molecule has 5 heteroatoms. The Morgan fingerprint density at radius 1 is 1.07 bits per heavy atom. The number of carbonyl (C=O) groups excluding carboxylic acids is 1. The monoisotopic (exact) mass is 410 g/mol. The molecular weight excluding hydrogens is 376 g/mol. The van der Waals surface area contributed by atoms with Gasteiger partial charge in [0.2, 0.25) is 0 Å². The molecule has 0 bridgehead atoms. The highest BCUT2D eigenvalue weighted by Gasteiger charge is 2.36. The van der Waals surface area contributed by atoms with Crippen molar-refractivity contribution in [2.75, 3.05) is 20.8 Å². The Labute approximate surface area is 180 Å². The molecule has 1 aliphatic rings. The zero-order valence-electron chi connectivity index (χ0n) is 18.4. The first-order valence-electron chi connectivity index (χ1n) is 10.8. The minimum Gasteiger partial charge on any atom is -0.497 e. The van der Waals surface area contributed by atoms with Gasteiger partial charge in [0, 0.05) is 13.1 Å². The molecule has 5 nitrogen and oxygen atoms in total. The van der Waals surface area contributed by atoms with Crippen molar-refractivity contribution in [3.05, 3.63) is 59.7 Å². The lowest BCUT2D eigenvalue weighted by Crippen LogP contribution is -2.44. The van der Waals surface area contributed by atoms with Crippen molar-refractivity contribution in [3.63, 3.8) is 0 Å². The highest BCUT2D eigenvalue weighted by Crippen LogP contribution is 2.46. The molecule has 1 saturated carbocycles. The van der Waals surface area contributed by atoms with E-state index in [2.05, 4.69) is 25.1 Å². The first-order chi connectivity index (χ1) is 14.5. The van der Waals surface area contributed by atoms with E-state index in [0.717, 1.165) is 49.2 Å². The van der Waals surface area contributed by atoms with E-state index in [9.17, 15) is 4.79 Å². The first kappa shape index (κ1) is 22.0. The summed E-state index contributed by atoms with van der Waals surface area (Å²) in [6, 6.07) is 15.9. The summed E-state index contributed by atoms with van der Waals surface area (Å²) in [5.41, 5.74) is 8.30. The molecule has 2 aromatic rings. The largest absolute Gasteiger partial charge is 0.497 e. The second-order valence-electron chi connectivity index (χ2n) is 8.45. The predicted octanol–water partition coefficient (Wildman–Crippen LogP) is 5.34. The molecule has 0 aromatic heterocycles. The molecule has 2 N–H and O–H groups in total. The second kappa shape index (κ2) is 9.88. The summed E-state index contributed by atoms with van der Waals surface area (Å²) in [4.78, 5) is 14.0. The number of methoxy groups -OCH3 is 2. The number of benzene rings is 2. The molecule has 2 aromatic carbocycles. The molecule has 0 unspecified atom stereocenters. The molecule has 1 fully saturated rings. The Kier molecular flexibility index (Phi) is 7.24. The van der Waals surface area contributed by atoms with Crippen LogP contribution in [0.15, 0.2) is 48.5 Å². The van der Waals surface area contributed by atoms with Crippen LogP contribution in [0, 0.1) is 5.41 Å². The van der Waals surface area contributed by atoms with Crippen LogP contribution in [0.4, 0.5) is 4.79 Å². The van der Waals surface area contributed by atoms with Crippen LogP contribution in [0.2, 0.25) is 0 Å². The molecular formula is C25H34N2O3. The molecule has 0 spiro atoms. The van der Waals surface area contributed by atoms with Gasteiger partial charge < -0.3 is 20.1 Å². The van der Waals surface area contributed by atoms with Gasteiger partial charge in [-0.25, -0.2) is 4.79 Å². The Bertz CT molecular complexity index is 827. The number of carbonyl (C=O) groups is 1. The highest BCUT2D eigenvalue weighted by molar-refractivity contribution is 5.72. The van der Waals surface area contributed by atoms with Gasteiger partial charge in [0.15, 0.2) is 0 Å². The molecule has 2 amide bonds. The van der Waals surface area contributed by atoms with Crippen LogP contribution >= 0.6 is 0 Å². The smallest absolute Gasteiger partial charge is 0.315 e. The van der Waals surface area contributed by atoms with Crippen molar-refractivity contribution in [1.82, 2.24) is 4.90 Å². The van der Waals surface area contributed by atoms with Gasteiger partial charge in [-0.15, -0.1) is 0 Å². The summed E-state index contributed by atoms with van der Waals surface area (Å²) in [5.74, 6) is 2.27. The average molecular weight is 411 g/mol. The highest BCUT2D eigenvalue weighted by atomic mass is 16.5. The standard InChI is InChI=1S/C25H34N2O3/c1-4-25(14-12-20(13-15-25)21-6-5-7-23(16-21)30-3)18-27(24(26)28)17-19-8-10-22(29-2)11-9-19/h5-11,16,20H,4,12-15,17-18H2,1-3H3,(H2,26,28). The number of nitrogens with two attached hydrogens (primary N) is 1. The van der Waals surface area contributed by atoms with Gasteiger partial charge in [-0.1, -0.05) is 31.2 Å². The van der Waals surface area contributed by atoms with Gasteiger partial charge in [-0.05, 0) is 78.8 Å². The summed E-state index contributed by atoms with van der Waals surface area (Å²) in [6.07, 6.45) is 5.48. The average Bonchev–Trinajstić information content (AvgIpc) is 2.79. The van der Waals surface area contributed by atoms with Gasteiger partial charge in [0.1, 0.15) is 11.5 Å². The van der Waals surface area contributed by atoms with Crippen molar-refractivity contribution >= 4 is 6.03 Å². The molecule has 30 heavy (non-hydrogen) atoms. The predicted molar refractivity (Wildman–Crippen MR) is 120 cm³/mol. The third-order valence-electron chi connectivity index (χ3n) is 6.73. The number of hydrogen-bond acceptors (Lipinski definition) is 3. The Morgan fingerprint density at radius 2 is 1.73 bits per heavy atom. The van der Waals surface area contributed by atoms with Crippen molar-refractivity contribution in [2.24, 2.45) is 11.1 Å². The molecule has 0 atom stereocenters. The van der Waals surface area contributed by atoms with Gasteiger partial charge in [-0.3, -0.25) is 0 Å². The molecule has 3 rings (SSSR count).